The third-order valence-corrected chi connectivity index (χ3v) is 6.13. The molecule has 18 heteroatoms. The third-order valence-electron chi connectivity index (χ3n) is 6.13. The Bertz CT molecular complexity index is 791. The Morgan fingerprint density at radius 1 is 0.389 bits per heavy atom. The number of esters is 1. The number of carbonyl (C=O) groups excluding carboxylic acids is 2. The van der Waals surface area contributed by atoms with Crippen molar-refractivity contribution in [2.45, 2.75) is 39.7 Å². The maximum absolute atomic E-state index is 11.5. The number of hydrogen-bond acceptors (Lipinski definition) is 17. The summed E-state index contributed by atoms with van der Waals surface area (Å²) < 4.78 is 80.7. The highest BCUT2D eigenvalue weighted by Gasteiger charge is 2.15. The van der Waals surface area contributed by atoms with Crippen molar-refractivity contribution in [2.24, 2.45) is 0 Å². The van der Waals surface area contributed by atoms with E-state index >= 15 is 0 Å². The first-order valence-electron chi connectivity index (χ1n) is 19.0. The van der Waals surface area contributed by atoms with E-state index in [4.69, 9.17) is 71.1 Å². The summed E-state index contributed by atoms with van der Waals surface area (Å²) >= 11 is 0. The number of alkyl carbamates (subject to hydrolysis) is 1. The molecule has 0 spiro atoms. The van der Waals surface area contributed by atoms with Gasteiger partial charge in [0, 0.05) is 6.54 Å². The molecule has 0 aliphatic rings. The fourth-order valence-corrected chi connectivity index (χ4v) is 3.67. The van der Waals surface area contributed by atoms with Crippen LogP contribution in [0.25, 0.3) is 0 Å². The average molecular weight is 790 g/mol. The van der Waals surface area contributed by atoms with Crippen molar-refractivity contribution in [2.75, 3.05) is 185 Å². The van der Waals surface area contributed by atoms with E-state index in [1.807, 2.05) is 20.8 Å². The molecule has 18 nitrogen and oxygen atoms in total. The summed E-state index contributed by atoms with van der Waals surface area (Å²) in [5, 5.41) is 2.63. The van der Waals surface area contributed by atoms with Gasteiger partial charge >= 0.3 is 12.1 Å². The van der Waals surface area contributed by atoms with Crippen LogP contribution in [0, 0.1) is 0 Å². The highest BCUT2D eigenvalue weighted by atomic mass is 16.6. The fraction of sp³-hybridized carbons (Fsp3) is 0.944. The predicted octanol–water partition coefficient (Wildman–Crippen LogP) is 1.68. The minimum absolute atomic E-state index is 0.251. The highest BCUT2D eigenvalue weighted by Crippen LogP contribution is 2.06. The van der Waals surface area contributed by atoms with Crippen LogP contribution >= 0.6 is 0 Å². The Kier molecular flexibility index (Phi) is 41.0. The van der Waals surface area contributed by atoms with Crippen LogP contribution in [0.2, 0.25) is 0 Å². The number of hydrogen-bond donors (Lipinski definition) is 1. The molecule has 0 bridgehead atoms. The standard InChI is InChI=1S/C36H71NO17/c1-5-53-34(38)6-8-40-10-12-42-14-16-44-18-20-46-22-24-48-26-28-50-30-32-52-33-31-51-29-27-49-25-23-47-21-19-45-17-15-43-13-11-41-9-7-37-35(39)54-36(2,3)4/h5-33H2,1-4H3,(H,37,39). The number of nitrogens with one attached hydrogen (secondary N) is 1. The van der Waals surface area contributed by atoms with Gasteiger partial charge in [-0.2, -0.15) is 0 Å². The smallest absolute Gasteiger partial charge is 0.407 e. The molecule has 54 heavy (non-hydrogen) atoms. The van der Waals surface area contributed by atoms with Crippen LogP contribution < -0.4 is 5.32 Å². The lowest BCUT2D eigenvalue weighted by molar-refractivity contribution is -0.144. The van der Waals surface area contributed by atoms with Crippen molar-refractivity contribution in [3.05, 3.63) is 0 Å². The maximum atomic E-state index is 11.5. The van der Waals surface area contributed by atoms with Gasteiger partial charge in [-0.15, -0.1) is 0 Å². The summed E-state index contributed by atoms with van der Waals surface area (Å²) in [5.41, 5.74) is -0.516. The molecule has 0 saturated carbocycles. The summed E-state index contributed by atoms with van der Waals surface area (Å²) in [7, 11) is 0. The Hall–Kier alpha value is -1.78. The highest BCUT2D eigenvalue weighted by molar-refractivity contribution is 5.69. The van der Waals surface area contributed by atoms with Gasteiger partial charge in [-0.25, -0.2) is 4.79 Å². The first kappa shape index (κ1) is 52.2. The Morgan fingerprint density at radius 2 is 0.630 bits per heavy atom. The molecule has 0 aromatic heterocycles. The molecule has 322 valence electrons. The topological polar surface area (TPSA) is 185 Å². The molecule has 0 aliphatic heterocycles. The first-order chi connectivity index (χ1) is 26.3. The van der Waals surface area contributed by atoms with E-state index in [1.165, 1.54) is 0 Å². The Balaban J connectivity index is 3.11. The second kappa shape index (κ2) is 42.4. The zero-order chi connectivity index (χ0) is 39.5. The third kappa shape index (κ3) is 46.4. The zero-order valence-corrected chi connectivity index (χ0v) is 33.4. The van der Waals surface area contributed by atoms with Gasteiger partial charge < -0.3 is 76.4 Å². The lowest BCUT2D eigenvalue weighted by Crippen LogP contribution is -2.34. The summed E-state index contributed by atoms with van der Waals surface area (Å²) in [5.74, 6) is -0.255. The van der Waals surface area contributed by atoms with E-state index in [2.05, 4.69) is 5.32 Å². The van der Waals surface area contributed by atoms with Crippen molar-refractivity contribution in [3.63, 3.8) is 0 Å². The largest absolute Gasteiger partial charge is 0.466 e. The summed E-state index contributed by atoms with van der Waals surface area (Å²) in [4.78, 5) is 22.7. The van der Waals surface area contributed by atoms with Crippen LogP contribution in [0.3, 0.4) is 0 Å². The summed E-state index contributed by atoms with van der Waals surface area (Å²) in [6, 6.07) is 0. The minimum Gasteiger partial charge on any atom is -0.466 e. The molecule has 0 atom stereocenters. The lowest BCUT2D eigenvalue weighted by Gasteiger charge is -2.19. The minimum atomic E-state index is -0.516. The van der Waals surface area contributed by atoms with Gasteiger partial charge in [-0.05, 0) is 27.7 Å². The van der Waals surface area contributed by atoms with E-state index in [-0.39, 0.29) is 12.4 Å². The SMILES string of the molecule is CCOC(=O)CCOCCOCCOCCOCCOCCOCCOCCOCCOCCOCCOCCOCCOCCNC(=O)OC(C)(C)C. The molecule has 1 amide bonds. The van der Waals surface area contributed by atoms with Crippen LogP contribution in [0.1, 0.15) is 34.1 Å². The predicted molar refractivity (Wildman–Crippen MR) is 196 cm³/mol. The Morgan fingerprint density at radius 3 is 0.870 bits per heavy atom. The van der Waals surface area contributed by atoms with Crippen molar-refractivity contribution < 1.29 is 80.6 Å². The van der Waals surface area contributed by atoms with Crippen molar-refractivity contribution in [1.29, 1.82) is 0 Å². The van der Waals surface area contributed by atoms with Gasteiger partial charge in [0.1, 0.15) is 5.60 Å². The van der Waals surface area contributed by atoms with E-state index in [1.54, 1.807) is 6.92 Å². The maximum Gasteiger partial charge on any atom is 0.407 e. The van der Waals surface area contributed by atoms with Crippen LogP contribution in [0.15, 0.2) is 0 Å². The number of ether oxygens (including phenoxy) is 15. The van der Waals surface area contributed by atoms with Gasteiger partial charge in [-0.1, -0.05) is 0 Å². The molecule has 0 heterocycles. The van der Waals surface area contributed by atoms with Crippen molar-refractivity contribution in [3.8, 4) is 0 Å². The number of rotatable bonds is 43. The normalized spacial score (nSPS) is 11.6. The van der Waals surface area contributed by atoms with Crippen LogP contribution in [0.4, 0.5) is 4.79 Å². The van der Waals surface area contributed by atoms with Gasteiger partial charge in [0.05, 0.1) is 185 Å². The molecule has 0 saturated heterocycles. The second-order valence-corrected chi connectivity index (χ2v) is 11.9. The summed E-state index contributed by atoms with van der Waals surface area (Å²) in [6.45, 7) is 20.1. The molecule has 0 fully saturated rings. The summed E-state index contributed by atoms with van der Waals surface area (Å²) in [6.07, 6.45) is -0.206. The molecule has 0 aromatic rings. The van der Waals surface area contributed by atoms with Crippen molar-refractivity contribution in [1.82, 2.24) is 5.32 Å². The van der Waals surface area contributed by atoms with Gasteiger partial charge in [-0.3, -0.25) is 4.79 Å². The van der Waals surface area contributed by atoms with Gasteiger partial charge in [0.25, 0.3) is 0 Å². The molecule has 1 N–H and O–H groups in total. The molecule has 0 radical (unpaired) electrons. The molecule has 0 unspecified atom stereocenters. The molecule has 0 aromatic carbocycles. The Labute approximate surface area is 322 Å². The molecule has 0 rings (SSSR count). The number of carbonyl (C=O) groups is 2. The van der Waals surface area contributed by atoms with E-state index in [9.17, 15) is 9.59 Å². The van der Waals surface area contributed by atoms with Gasteiger partial charge in [0.15, 0.2) is 0 Å². The molecular weight excluding hydrogens is 718 g/mol. The van der Waals surface area contributed by atoms with Crippen LogP contribution in [0.5, 0.6) is 0 Å². The van der Waals surface area contributed by atoms with E-state index in [0.717, 1.165) is 0 Å². The van der Waals surface area contributed by atoms with E-state index in [0.29, 0.717) is 185 Å². The quantitative estimate of drug-likeness (QED) is 0.0695. The van der Waals surface area contributed by atoms with Crippen LogP contribution in [-0.2, 0) is 75.8 Å². The van der Waals surface area contributed by atoms with E-state index < -0.39 is 11.7 Å². The first-order valence-corrected chi connectivity index (χ1v) is 19.0. The number of amides is 1. The van der Waals surface area contributed by atoms with Crippen LogP contribution in [-0.4, -0.2) is 203 Å². The fourth-order valence-electron chi connectivity index (χ4n) is 3.67. The second-order valence-electron chi connectivity index (χ2n) is 11.9. The molecular formula is C36H71NO17. The zero-order valence-electron chi connectivity index (χ0n) is 33.4. The van der Waals surface area contributed by atoms with Gasteiger partial charge in [0.2, 0.25) is 0 Å². The monoisotopic (exact) mass is 789 g/mol. The lowest BCUT2D eigenvalue weighted by atomic mass is 10.2. The molecule has 0 aliphatic carbocycles. The average Bonchev–Trinajstić information content (AvgIpc) is 3.13. The van der Waals surface area contributed by atoms with Crippen molar-refractivity contribution >= 4 is 12.1 Å².